The summed E-state index contributed by atoms with van der Waals surface area (Å²) in [5.41, 5.74) is 3.37. The van der Waals surface area contributed by atoms with Gasteiger partial charge >= 0.3 is 0 Å². The summed E-state index contributed by atoms with van der Waals surface area (Å²) in [5.74, 6) is 0.934. The average molecular weight is 473 g/mol. The number of thiophene rings is 1. The van der Waals surface area contributed by atoms with Crippen molar-refractivity contribution in [2.75, 3.05) is 29.9 Å². The van der Waals surface area contributed by atoms with Gasteiger partial charge < -0.3 is 4.90 Å². The van der Waals surface area contributed by atoms with Crippen LogP contribution in [0.15, 0.2) is 54.6 Å². The van der Waals surface area contributed by atoms with Crippen LogP contribution in [0.1, 0.15) is 20.9 Å². The fraction of sp³-hybridized carbons (Fsp3) is 0.200. The minimum atomic E-state index is -0.266. The molecule has 0 saturated heterocycles. The van der Waals surface area contributed by atoms with Crippen molar-refractivity contribution in [2.24, 2.45) is 0 Å². The van der Waals surface area contributed by atoms with Gasteiger partial charge in [0.25, 0.3) is 5.91 Å². The third kappa shape index (κ3) is 3.40. The molecule has 7 nitrogen and oxygen atoms in total. The summed E-state index contributed by atoms with van der Waals surface area (Å²) in [6.45, 7) is 3.65. The van der Waals surface area contributed by atoms with E-state index in [0.717, 1.165) is 32.5 Å². The van der Waals surface area contributed by atoms with Crippen molar-refractivity contribution in [1.82, 2.24) is 19.7 Å². The Balaban J connectivity index is 1.38. The molecule has 3 aromatic heterocycles. The van der Waals surface area contributed by atoms with Gasteiger partial charge in [0.05, 0.1) is 28.1 Å². The minimum absolute atomic E-state index is 0.0899. The van der Waals surface area contributed by atoms with Crippen LogP contribution in [-0.4, -0.2) is 45.8 Å². The Kier molecular flexibility index (Phi) is 4.80. The number of halogens is 1. The smallest absolute Gasteiger partial charge is 0.269 e. The van der Waals surface area contributed by atoms with Crippen molar-refractivity contribution in [2.45, 2.75) is 13.5 Å². The van der Waals surface area contributed by atoms with E-state index >= 15 is 0 Å². The van der Waals surface area contributed by atoms with Crippen LogP contribution in [-0.2, 0) is 6.54 Å². The topological polar surface area (TPSA) is 67.2 Å². The predicted molar refractivity (Wildman–Crippen MR) is 132 cm³/mol. The van der Waals surface area contributed by atoms with Gasteiger partial charge in [-0.15, -0.1) is 11.3 Å². The lowest BCUT2D eigenvalue weighted by Gasteiger charge is -2.33. The Bertz CT molecular complexity index is 1560. The number of likely N-dealkylation sites (N-methyl/N-ethyl adjacent to an activating group) is 1. The van der Waals surface area contributed by atoms with E-state index in [1.807, 2.05) is 53.9 Å². The first-order chi connectivity index (χ1) is 16.5. The molecule has 6 rings (SSSR count). The molecule has 0 N–H and O–H groups in total. The Morgan fingerprint density at radius 1 is 1.03 bits per heavy atom. The van der Waals surface area contributed by atoms with Crippen molar-refractivity contribution in [3.05, 3.63) is 76.5 Å². The highest BCUT2D eigenvalue weighted by atomic mass is 32.1. The quantitative estimate of drug-likeness (QED) is 0.383. The molecule has 0 saturated carbocycles. The molecule has 1 amide bonds. The van der Waals surface area contributed by atoms with E-state index in [2.05, 4.69) is 5.10 Å². The van der Waals surface area contributed by atoms with E-state index in [1.165, 1.54) is 23.5 Å². The fourth-order valence-electron chi connectivity index (χ4n) is 4.30. The predicted octanol–water partition coefficient (Wildman–Crippen LogP) is 4.63. The SMILES string of the molecule is Cc1nn(Cc2ccc(F)cc2)c2sc(C(=O)N3CCN(C)c4nc5ccccc5nc43)cc12. The molecule has 9 heteroatoms. The number of carbonyl (C=O) groups excluding carboxylic acids is 1. The summed E-state index contributed by atoms with van der Waals surface area (Å²) in [4.78, 5) is 28.5. The first-order valence-electron chi connectivity index (χ1n) is 11.0. The molecule has 170 valence electrons. The fourth-order valence-corrected chi connectivity index (χ4v) is 5.41. The molecule has 0 unspecified atom stereocenters. The van der Waals surface area contributed by atoms with E-state index in [4.69, 9.17) is 9.97 Å². The van der Waals surface area contributed by atoms with Gasteiger partial charge in [0.15, 0.2) is 11.6 Å². The monoisotopic (exact) mass is 472 g/mol. The van der Waals surface area contributed by atoms with Crippen LogP contribution in [0.3, 0.4) is 0 Å². The highest BCUT2D eigenvalue weighted by molar-refractivity contribution is 7.20. The summed E-state index contributed by atoms with van der Waals surface area (Å²) in [5, 5.41) is 5.59. The maximum absolute atomic E-state index is 13.7. The van der Waals surface area contributed by atoms with Crippen LogP contribution in [0.2, 0.25) is 0 Å². The van der Waals surface area contributed by atoms with E-state index in [9.17, 15) is 9.18 Å². The Hall–Kier alpha value is -3.85. The number of anilines is 2. The Morgan fingerprint density at radius 3 is 2.47 bits per heavy atom. The van der Waals surface area contributed by atoms with E-state index < -0.39 is 0 Å². The van der Waals surface area contributed by atoms with Crippen LogP contribution in [0.4, 0.5) is 16.0 Å². The van der Waals surface area contributed by atoms with Crippen LogP contribution >= 0.6 is 11.3 Å². The summed E-state index contributed by atoms with van der Waals surface area (Å²) in [7, 11) is 1.97. The molecule has 1 aliphatic heterocycles. The third-order valence-electron chi connectivity index (χ3n) is 6.12. The maximum atomic E-state index is 13.7. The molecule has 0 radical (unpaired) electrons. The van der Waals surface area contributed by atoms with Gasteiger partial charge in [-0.2, -0.15) is 5.10 Å². The number of amides is 1. The average Bonchev–Trinajstić information content (AvgIpc) is 3.40. The molecule has 2 aromatic carbocycles. The van der Waals surface area contributed by atoms with Crippen molar-refractivity contribution in [3.63, 3.8) is 0 Å². The molecule has 5 aromatic rings. The van der Waals surface area contributed by atoms with Crippen LogP contribution in [0.5, 0.6) is 0 Å². The number of carbonyl (C=O) groups is 1. The molecule has 0 spiro atoms. The number of rotatable bonds is 3. The highest BCUT2D eigenvalue weighted by Gasteiger charge is 2.30. The van der Waals surface area contributed by atoms with E-state index in [-0.39, 0.29) is 11.7 Å². The molecule has 0 aliphatic carbocycles. The maximum Gasteiger partial charge on any atom is 0.269 e. The zero-order valence-corrected chi connectivity index (χ0v) is 19.5. The molecule has 0 bridgehead atoms. The van der Waals surface area contributed by atoms with Gasteiger partial charge in [0.2, 0.25) is 0 Å². The van der Waals surface area contributed by atoms with E-state index in [1.54, 1.807) is 17.0 Å². The number of fused-ring (bicyclic) bond motifs is 3. The van der Waals surface area contributed by atoms with Crippen molar-refractivity contribution >= 4 is 50.1 Å². The van der Waals surface area contributed by atoms with Gasteiger partial charge in [-0.3, -0.25) is 14.4 Å². The first-order valence-corrected chi connectivity index (χ1v) is 11.8. The number of hydrogen-bond acceptors (Lipinski definition) is 6. The van der Waals surface area contributed by atoms with Crippen molar-refractivity contribution in [1.29, 1.82) is 0 Å². The van der Waals surface area contributed by atoms with Crippen molar-refractivity contribution < 1.29 is 9.18 Å². The molecule has 0 atom stereocenters. The summed E-state index contributed by atoms with van der Waals surface area (Å²) >= 11 is 1.42. The van der Waals surface area contributed by atoms with Crippen LogP contribution in [0.25, 0.3) is 21.3 Å². The summed E-state index contributed by atoms with van der Waals surface area (Å²) < 4.78 is 15.2. The Morgan fingerprint density at radius 2 is 1.74 bits per heavy atom. The lowest BCUT2D eigenvalue weighted by molar-refractivity contribution is 0.0990. The summed E-state index contributed by atoms with van der Waals surface area (Å²) in [6.07, 6.45) is 0. The molecule has 0 fully saturated rings. The molecule has 1 aliphatic rings. The first kappa shape index (κ1) is 20.7. The minimum Gasteiger partial charge on any atom is -0.355 e. The van der Waals surface area contributed by atoms with Crippen LogP contribution in [0, 0.1) is 12.7 Å². The van der Waals surface area contributed by atoms with Crippen molar-refractivity contribution in [3.8, 4) is 0 Å². The largest absolute Gasteiger partial charge is 0.355 e. The normalized spacial score (nSPS) is 13.6. The second-order valence-electron chi connectivity index (χ2n) is 8.44. The second kappa shape index (κ2) is 7.88. The van der Waals surface area contributed by atoms with Gasteiger partial charge in [-0.05, 0) is 42.8 Å². The second-order valence-corrected chi connectivity index (χ2v) is 9.47. The lowest BCUT2D eigenvalue weighted by atomic mass is 10.2. The molecular weight excluding hydrogens is 451 g/mol. The number of para-hydroxylation sites is 2. The molecular formula is C25H21FN6OS. The van der Waals surface area contributed by atoms with E-state index in [0.29, 0.717) is 36.1 Å². The molecule has 34 heavy (non-hydrogen) atoms. The van der Waals surface area contributed by atoms with Gasteiger partial charge in [0, 0.05) is 25.5 Å². The number of hydrogen-bond donors (Lipinski definition) is 0. The van der Waals surface area contributed by atoms with Gasteiger partial charge in [0.1, 0.15) is 10.6 Å². The number of aryl methyl sites for hydroxylation is 1. The van der Waals surface area contributed by atoms with Crippen LogP contribution < -0.4 is 9.80 Å². The number of benzene rings is 2. The summed E-state index contributed by atoms with van der Waals surface area (Å²) in [6, 6.07) is 16.0. The molecule has 4 heterocycles. The Labute approximate surface area is 199 Å². The zero-order chi connectivity index (χ0) is 23.4. The highest BCUT2D eigenvalue weighted by Crippen LogP contribution is 2.34. The number of nitrogens with zero attached hydrogens (tertiary/aromatic N) is 6. The van der Waals surface area contributed by atoms with Gasteiger partial charge in [-0.1, -0.05) is 24.3 Å². The van der Waals surface area contributed by atoms with Gasteiger partial charge in [-0.25, -0.2) is 14.4 Å². The third-order valence-corrected chi connectivity index (χ3v) is 7.26. The number of aromatic nitrogens is 4. The zero-order valence-electron chi connectivity index (χ0n) is 18.7. The standard InChI is InChI=1S/C25H21FN6OS/c1-15-18-13-21(34-25(18)32(29-15)14-16-7-9-17(26)10-8-16)24(33)31-12-11-30(2)22-23(31)28-20-6-4-3-5-19(20)27-22/h3-10,13H,11-12,14H2,1-2H3. The lowest BCUT2D eigenvalue weighted by Crippen LogP contribution is -2.43.